The lowest BCUT2D eigenvalue weighted by Gasteiger charge is -2.36. The number of nitrogens with zero attached hydrogens (tertiary/aromatic N) is 2. The van der Waals surface area contributed by atoms with Gasteiger partial charge in [-0.2, -0.15) is 0 Å². The number of nitrogens with one attached hydrogen (secondary N) is 2. The molecule has 11 heteroatoms. The number of benzene rings is 1. The van der Waals surface area contributed by atoms with Crippen LogP contribution in [0.3, 0.4) is 0 Å². The molecule has 1 aliphatic rings. The number of nitrogens with two attached hydrogens (primary N) is 3. The van der Waals surface area contributed by atoms with Crippen LogP contribution in [0.25, 0.3) is 0 Å². The van der Waals surface area contributed by atoms with E-state index in [2.05, 4.69) is 20.6 Å². The molecule has 0 spiro atoms. The van der Waals surface area contributed by atoms with Gasteiger partial charge in [-0.1, -0.05) is 0 Å². The lowest BCUT2D eigenvalue weighted by atomic mass is 9.87. The second-order valence-corrected chi connectivity index (χ2v) is 6.81. The standard InChI is InChI=1S/C18H21F2N7O2/c19-18(20)7-1-2-11(14(18)21)26-12-8-24-13(16(23)29)17(27-12)25-10-5-3-9(4-6-10)15(22)28/h3-6,8,11,14H,1-2,7,21H2,(H2,22,28)(H2,23,29)(H2,25,26,27). The van der Waals surface area contributed by atoms with Gasteiger partial charge in [0.15, 0.2) is 11.5 Å². The molecule has 9 nitrogen and oxygen atoms in total. The summed E-state index contributed by atoms with van der Waals surface area (Å²) in [6.07, 6.45) is 1.75. The number of hydrogen-bond acceptors (Lipinski definition) is 7. The van der Waals surface area contributed by atoms with Crippen molar-refractivity contribution in [3.8, 4) is 0 Å². The number of primary amides is 2. The molecule has 0 radical (unpaired) electrons. The number of aromatic nitrogens is 2. The summed E-state index contributed by atoms with van der Waals surface area (Å²) in [7, 11) is 0. The maximum absolute atomic E-state index is 13.9. The lowest BCUT2D eigenvalue weighted by molar-refractivity contribution is -0.0554. The van der Waals surface area contributed by atoms with Crippen LogP contribution in [-0.4, -0.2) is 39.8 Å². The summed E-state index contributed by atoms with van der Waals surface area (Å²) in [6.45, 7) is 0. The number of carbonyl (C=O) groups excluding carboxylic acids is 2. The van der Waals surface area contributed by atoms with Crippen molar-refractivity contribution in [3.63, 3.8) is 0 Å². The molecule has 1 aromatic heterocycles. The Morgan fingerprint density at radius 1 is 1.14 bits per heavy atom. The molecule has 3 rings (SSSR count). The van der Waals surface area contributed by atoms with Crippen LogP contribution in [0.5, 0.6) is 0 Å². The van der Waals surface area contributed by atoms with E-state index in [-0.39, 0.29) is 23.8 Å². The highest BCUT2D eigenvalue weighted by molar-refractivity contribution is 5.96. The molecule has 2 aromatic rings. The van der Waals surface area contributed by atoms with Crippen LogP contribution in [0.2, 0.25) is 0 Å². The van der Waals surface area contributed by atoms with Gasteiger partial charge in [-0.25, -0.2) is 18.7 Å². The Morgan fingerprint density at radius 3 is 2.45 bits per heavy atom. The van der Waals surface area contributed by atoms with Gasteiger partial charge in [0, 0.05) is 23.7 Å². The van der Waals surface area contributed by atoms with Crippen LogP contribution in [0, 0.1) is 0 Å². The van der Waals surface area contributed by atoms with Gasteiger partial charge in [0.2, 0.25) is 5.91 Å². The van der Waals surface area contributed by atoms with E-state index in [9.17, 15) is 18.4 Å². The predicted molar refractivity (Wildman–Crippen MR) is 103 cm³/mol. The van der Waals surface area contributed by atoms with Crippen molar-refractivity contribution in [1.82, 2.24) is 9.97 Å². The summed E-state index contributed by atoms with van der Waals surface area (Å²) in [5.74, 6) is -4.17. The zero-order valence-corrected chi connectivity index (χ0v) is 15.4. The van der Waals surface area contributed by atoms with Gasteiger partial charge in [0.25, 0.3) is 11.8 Å². The molecule has 2 atom stereocenters. The molecule has 0 bridgehead atoms. The first-order valence-electron chi connectivity index (χ1n) is 8.91. The highest BCUT2D eigenvalue weighted by atomic mass is 19.3. The number of hydrogen-bond donors (Lipinski definition) is 5. The molecule has 0 saturated heterocycles. The molecule has 2 unspecified atom stereocenters. The maximum atomic E-state index is 13.9. The molecule has 154 valence electrons. The van der Waals surface area contributed by atoms with Crippen molar-refractivity contribution >= 4 is 29.1 Å². The largest absolute Gasteiger partial charge is 0.366 e. The average molecular weight is 405 g/mol. The number of carbonyl (C=O) groups is 2. The second-order valence-electron chi connectivity index (χ2n) is 6.81. The molecular weight excluding hydrogens is 384 g/mol. The van der Waals surface area contributed by atoms with E-state index in [1.54, 1.807) is 12.1 Å². The van der Waals surface area contributed by atoms with Gasteiger partial charge in [0.05, 0.1) is 12.2 Å². The maximum Gasteiger partial charge on any atom is 0.271 e. The Bertz CT molecular complexity index is 921. The fraction of sp³-hybridized carbons (Fsp3) is 0.333. The summed E-state index contributed by atoms with van der Waals surface area (Å²) in [5, 5.41) is 5.75. The van der Waals surface area contributed by atoms with Crippen LogP contribution in [0.15, 0.2) is 30.5 Å². The van der Waals surface area contributed by atoms with E-state index in [4.69, 9.17) is 17.2 Å². The Kier molecular flexibility index (Phi) is 5.59. The second kappa shape index (κ2) is 7.95. The molecule has 0 aliphatic heterocycles. The number of amides is 2. The fourth-order valence-corrected chi connectivity index (χ4v) is 3.13. The van der Waals surface area contributed by atoms with E-state index in [1.165, 1.54) is 18.3 Å². The number of alkyl halides is 2. The summed E-state index contributed by atoms with van der Waals surface area (Å²) >= 11 is 0. The Hall–Kier alpha value is -3.34. The molecule has 8 N–H and O–H groups in total. The molecule has 2 amide bonds. The van der Waals surface area contributed by atoms with Gasteiger partial charge < -0.3 is 27.8 Å². The Balaban J connectivity index is 1.84. The first-order valence-corrected chi connectivity index (χ1v) is 8.91. The lowest BCUT2D eigenvalue weighted by Crippen LogP contribution is -2.55. The van der Waals surface area contributed by atoms with Crippen LogP contribution < -0.4 is 27.8 Å². The molecule has 1 heterocycles. The first kappa shape index (κ1) is 20.4. The molecular formula is C18H21F2N7O2. The smallest absolute Gasteiger partial charge is 0.271 e. The van der Waals surface area contributed by atoms with Crippen molar-refractivity contribution in [2.45, 2.75) is 37.3 Å². The number of rotatable bonds is 6. The molecule has 1 aliphatic carbocycles. The zero-order valence-electron chi connectivity index (χ0n) is 15.4. The third kappa shape index (κ3) is 4.57. The predicted octanol–water partition coefficient (Wildman–Crippen LogP) is 1.35. The normalized spacial score (nSPS) is 20.7. The van der Waals surface area contributed by atoms with E-state index in [1.807, 2.05) is 0 Å². The minimum absolute atomic E-state index is 0.0328. The van der Waals surface area contributed by atoms with E-state index < -0.39 is 29.8 Å². The van der Waals surface area contributed by atoms with E-state index in [0.717, 1.165) is 0 Å². The molecule has 1 aromatic carbocycles. The fourth-order valence-electron chi connectivity index (χ4n) is 3.13. The summed E-state index contributed by atoms with van der Waals surface area (Å²) < 4.78 is 27.7. The quantitative estimate of drug-likeness (QED) is 0.484. The molecule has 1 fully saturated rings. The number of anilines is 3. The van der Waals surface area contributed by atoms with Gasteiger partial charge >= 0.3 is 0 Å². The van der Waals surface area contributed by atoms with Gasteiger partial charge in [-0.3, -0.25) is 9.59 Å². The van der Waals surface area contributed by atoms with Crippen LogP contribution in [0.4, 0.5) is 26.1 Å². The van der Waals surface area contributed by atoms with Gasteiger partial charge in [-0.15, -0.1) is 0 Å². The molecule has 1 saturated carbocycles. The Labute approximate surface area is 165 Å². The summed E-state index contributed by atoms with van der Waals surface area (Å²) in [4.78, 5) is 31.1. The third-order valence-electron chi connectivity index (χ3n) is 4.72. The van der Waals surface area contributed by atoms with E-state index in [0.29, 0.717) is 24.1 Å². The topological polar surface area (TPSA) is 162 Å². The van der Waals surface area contributed by atoms with Gasteiger partial charge in [0.1, 0.15) is 5.82 Å². The minimum atomic E-state index is -2.97. The average Bonchev–Trinajstić information content (AvgIpc) is 2.66. The van der Waals surface area contributed by atoms with Crippen LogP contribution in [-0.2, 0) is 0 Å². The highest BCUT2D eigenvalue weighted by Crippen LogP contribution is 2.33. The number of halogens is 2. The van der Waals surface area contributed by atoms with Crippen LogP contribution in [0.1, 0.15) is 40.1 Å². The van der Waals surface area contributed by atoms with Crippen LogP contribution >= 0.6 is 0 Å². The van der Waals surface area contributed by atoms with Crippen molar-refractivity contribution in [2.24, 2.45) is 17.2 Å². The Morgan fingerprint density at radius 2 is 1.83 bits per heavy atom. The molecule has 29 heavy (non-hydrogen) atoms. The third-order valence-corrected chi connectivity index (χ3v) is 4.72. The zero-order chi connectivity index (χ0) is 21.2. The van der Waals surface area contributed by atoms with Gasteiger partial charge in [-0.05, 0) is 37.1 Å². The monoisotopic (exact) mass is 405 g/mol. The summed E-state index contributed by atoms with van der Waals surface area (Å²) in [6, 6.07) is 4.04. The SMILES string of the molecule is NC(=O)c1ccc(Nc2nc(NC3CCCC(F)(F)C3N)cnc2C(N)=O)cc1. The van der Waals surface area contributed by atoms with Crippen molar-refractivity contribution < 1.29 is 18.4 Å². The first-order chi connectivity index (χ1) is 13.7. The summed E-state index contributed by atoms with van der Waals surface area (Å²) in [5.41, 5.74) is 16.9. The van der Waals surface area contributed by atoms with Crippen molar-refractivity contribution in [1.29, 1.82) is 0 Å². The van der Waals surface area contributed by atoms with Crippen molar-refractivity contribution in [2.75, 3.05) is 10.6 Å². The minimum Gasteiger partial charge on any atom is -0.366 e. The highest BCUT2D eigenvalue weighted by Gasteiger charge is 2.44. The van der Waals surface area contributed by atoms with E-state index >= 15 is 0 Å². The van der Waals surface area contributed by atoms with Crippen molar-refractivity contribution in [3.05, 3.63) is 41.7 Å².